The first-order chi connectivity index (χ1) is 8.00. The van der Waals surface area contributed by atoms with Gasteiger partial charge in [0.2, 0.25) is 0 Å². The highest BCUT2D eigenvalue weighted by Gasteiger charge is 2.29. The van der Waals surface area contributed by atoms with Gasteiger partial charge in [0, 0.05) is 11.3 Å². The number of carboxylic acid groups (broad SMARTS) is 1. The summed E-state index contributed by atoms with van der Waals surface area (Å²) in [4.78, 5) is 10.8. The summed E-state index contributed by atoms with van der Waals surface area (Å²) in [6, 6.07) is 0.0104. The quantitative estimate of drug-likeness (QED) is 0.830. The van der Waals surface area contributed by atoms with E-state index >= 15 is 0 Å². The van der Waals surface area contributed by atoms with Crippen LogP contribution in [0.1, 0.15) is 42.3 Å². The highest BCUT2D eigenvalue weighted by molar-refractivity contribution is 5.70. The molecule has 0 aromatic carbocycles. The SMILES string of the molecule is Cc1nn(C2CCCC2O)c(C)c1CC(=O)O. The van der Waals surface area contributed by atoms with Crippen LogP contribution < -0.4 is 0 Å². The normalized spacial score (nSPS) is 24.2. The summed E-state index contributed by atoms with van der Waals surface area (Å²) < 4.78 is 1.81. The van der Waals surface area contributed by atoms with Gasteiger partial charge in [0.15, 0.2) is 0 Å². The maximum absolute atomic E-state index is 10.8. The Morgan fingerprint density at radius 3 is 2.71 bits per heavy atom. The fourth-order valence-corrected chi connectivity index (χ4v) is 2.63. The fourth-order valence-electron chi connectivity index (χ4n) is 2.63. The second kappa shape index (κ2) is 4.49. The van der Waals surface area contributed by atoms with E-state index in [9.17, 15) is 9.90 Å². The van der Waals surface area contributed by atoms with Gasteiger partial charge in [0.1, 0.15) is 0 Å². The summed E-state index contributed by atoms with van der Waals surface area (Å²) in [6.07, 6.45) is 2.36. The van der Waals surface area contributed by atoms with Gasteiger partial charge in [-0.05, 0) is 33.1 Å². The van der Waals surface area contributed by atoms with Gasteiger partial charge in [-0.2, -0.15) is 5.10 Å². The van der Waals surface area contributed by atoms with E-state index in [0.29, 0.717) is 0 Å². The van der Waals surface area contributed by atoms with Gasteiger partial charge >= 0.3 is 5.97 Å². The maximum atomic E-state index is 10.8. The number of aliphatic carboxylic acids is 1. The van der Waals surface area contributed by atoms with Crippen molar-refractivity contribution < 1.29 is 15.0 Å². The first kappa shape index (κ1) is 12.1. The van der Waals surface area contributed by atoms with Gasteiger partial charge in [-0.3, -0.25) is 9.48 Å². The maximum Gasteiger partial charge on any atom is 0.307 e. The van der Waals surface area contributed by atoms with E-state index < -0.39 is 5.97 Å². The fraction of sp³-hybridized carbons (Fsp3) is 0.667. The standard InChI is InChI=1S/C12H18N2O3/c1-7-9(6-12(16)17)8(2)14(13-7)10-4-3-5-11(10)15/h10-11,15H,3-6H2,1-2H3,(H,16,17). The average molecular weight is 238 g/mol. The first-order valence-electron chi connectivity index (χ1n) is 5.95. The van der Waals surface area contributed by atoms with Gasteiger partial charge < -0.3 is 10.2 Å². The van der Waals surface area contributed by atoms with Gasteiger partial charge in [0.25, 0.3) is 0 Å². The molecular formula is C12H18N2O3. The summed E-state index contributed by atoms with van der Waals surface area (Å²) in [5.41, 5.74) is 2.40. The third-order valence-electron chi connectivity index (χ3n) is 3.56. The van der Waals surface area contributed by atoms with Crippen LogP contribution in [0.5, 0.6) is 0 Å². The molecule has 2 atom stereocenters. The molecule has 1 fully saturated rings. The van der Waals surface area contributed by atoms with Crippen molar-refractivity contribution in [3.63, 3.8) is 0 Å². The zero-order valence-electron chi connectivity index (χ0n) is 10.2. The van der Waals surface area contributed by atoms with Crippen LogP contribution in [0.2, 0.25) is 0 Å². The molecule has 2 N–H and O–H groups in total. The summed E-state index contributed by atoms with van der Waals surface area (Å²) >= 11 is 0. The summed E-state index contributed by atoms with van der Waals surface area (Å²) in [5, 5.41) is 23.1. The van der Waals surface area contributed by atoms with Crippen molar-refractivity contribution >= 4 is 5.97 Å². The third kappa shape index (κ3) is 2.20. The molecule has 0 amide bonds. The molecule has 0 radical (unpaired) electrons. The molecule has 0 aliphatic heterocycles. The van der Waals surface area contributed by atoms with Crippen LogP contribution in [-0.4, -0.2) is 32.1 Å². The molecule has 0 spiro atoms. The lowest BCUT2D eigenvalue weighted by atomic mass is 10.1. The highest BCUT2D eigenvalue weighted by atomic mass is 16.4. The number of rotatable bonds is 3. The first-order valence-corrected chi connectivity index (χ1v) is 5.95. The van der Waals surface area contributed by atoms with Crippen molar-refractivity contribution in [3.8, 4) is 0 Å². The molecule has 5 heteroatoms. The molecule has 2 rings (SSSR count). The zero-order chi connectivity index (χ0) is 12.6. The van der Waals surface area contributed by atoms with Crippen molar-refractivity contribution in [3.05, 3.63) is 17.0 Å². The number of aromatic nitrogens is 2. The number of aryl methyl sites for hydroxylation is 1. The van der Waals surface area contributed by atoms with Crippen LogP contribution in [0.4, 0.5) is 0 Å². The van der Waals surface area contributed by atoms with Gasteiger partial charge in [-0.25, -0.2) is 0 Å². The second-order valence-corrected chi connectivity index (χ2v) is 4.73. The van der Waals surface area contributed by atoms with E-state index in [1.165, 1.54) is 0 Å². The molecule has 2 unspecified atom stereocenters. The van der Waals surface area contributed by atoms with Gasteiger partial charge in [-0.15, -0.1) is 0 Å². The molecule has 94 valence electrons. The third-order valence-corrected chi connectivity index (χ3v) is 3.56. The Bertz CT molecular complexity index is 439. The van der Waals surface area contributed by atoms with E-state index in [-0.39, 0.29) is 18.6 Å². The Labute approximate surface area is 100 Å². The second-order valence-electron chi connectivity index (χ2n) is 4.73. The number of nitrogens with zero attached hydrogens (tertiary/aromatic N) is 2. The predicted molar refractivity (Wildman–Crippen MR) is 61.9 cm³/mol. The van der Waals surface area contributed by atoms with Gasteiger partial charge in [0.05, 0.1) is 24.3 Å². The van der Waals surface area contributed by atoms with Crippen molar-refractivity contribution in [2.75, 3.05) is 0 Å². The van der Waals surface area contributed by atoms with Crippen molar-refractivity contribution in [1.82, 2.24) is 9.78 Å². The number of aliphatic hydroxyl groups is 1. The molecule has 1 heterocycles. The Morgan fingerprint density at radius 1 is 1.47 bits per heavy atom. The summed E-state index contributed by atoms with van der Waals surface area (Å²) in [7, 11) is 0. The number of hydrogen-bond acceptors (Lipinski definition) is 3. The van der Waals surface area contributed by atoms with E-state index in [1.807, 2.05) is 18.5 Å². The van der Waals surface area contributed by atoms with E-state index in [4.69, 9.17) is 5.11 Å². The predicted octanol–water partition coefficient (Wildman–Crippen LogP) is 1.21. The largest absolute Gasteiger partial charge is 0.481 e. The van der Waals surface area contributed by atoms with Gasteiger partial charge in [-0.1, -0.05) is 0 Å². The molecule has 1 aliphatic carbocycles. The zero-order valence-corrected chi connectivity index (χ0v) is 10.2. The van der Waals surface area contributed by atoms with Crippen molar-refractivity contribution in [1.29, 1.82) is 0 Å². The Balaban J connectivity index is 2.33. The smallest absolute Gasteiger partial charge is 0.307 e. The van der Waals surface area contributed by atoms with Crippen LogP contribution in [0.3, 0.4) is 0 Å². The van der Waals surface area contributed by atoms with Crippen LogP contribution in [0.15, 0.2) is 0 Å². The molecule has 1 aromatic heterocycles. The van der Waals surface area contributed by atoms with Crippen LogP contribution >= 0.6 is 0 Å². The molecule has 5 nitrogen and oxygen atoms in total. The molecule has 17 heavy (non-hydrogen) atoms. The lowest BCUT2D eigenvalue weighted by molar-refractivity contribution is -0.136. The number of aliphatic hydroxyl groups excluding tert-OH is 1. The van der Waals surface area contributed by atoms with E-state index in [0.717, 1.165) is 36.2 Å². The van der Waals surface area contributed by atoms with Crippen LogP contribution in [0.25, 0.3) is 0 Å². The average Bonchev–Trinajstić information content (AvgIpc) is 2.76. The monoisotopic (exact) mass is 238 g/mol. The minimum Gasteiger partial charge on any atom is -0.481 e. The molecule has 1 aromatic rings. The molecule has 1 aliphatic rings. The summed E-state index contributed by atoms with van der Waals surface area (Å²) in [5.74, 6) is -0.845. The minimum atomic E-state index is -0.845. The van der Waals surface area contributed by atoms with E-state index in [2.05, 4.69) is 5.10 Å². The topological polar surface area (TPSA) is 75.3 Å². The lowest BCUT2D eigenvalue weighted by Crippen LogP contribution is -2.20. The van der Waals surface area contributed by atoms with Crippen molar-refractivity contribution in [2.24, 2.45) is 0 Å². The van der Waals surface area contributed by atoms with E-state index in [1.54, 1.807) is 0 Å². The lowest BCUT2D eigenvalue weighted by Gasteiger charge is -2.17. The van der Waals surface area contributed by atoms with Crippen LogP contribution in [0, 0.1) is 13.8 Å². The minimum absolute atomic E-state index is 0.000478. The van der Waals surface area contributed by atoms with Crippen LogP contribution in [-0.2, 0) is 11.2 Å². The molecule has 0 bridgehead atoms. The number of carbonyl (C=O) groups is 1. The number of carboxylic acids is 1. The Morgan fingerprint density at radius 2 is 2.18 bits per heavy atom. The molecule has 0 saturated heterocycles. The molecule has 1 saturated carbocycles. The summed E-state index contributed by atoms with van der Waals surface area (Å²) in [6.45, 7) is 3.70. The van der Waals surface area contributed by atoms with Crippen molar-refractivity contribution in [2.45, 2.75) is 51.7 Å². The number of hydrogen-bond donors (Lipinski definition) is 2. The Kier molecular flexibility index (Phi) is 3.19. The highest BCUT2D eigenvalue weighted by Crippen LogP contribution is 2.31. The molecular weight excluding hydrogens is 220 g/mol. The Hall–Kier alpha value is -1.36.